The number of aromatic nitrogens is 6. The highest BCUT2D eigenvalue weighted by atomic mass is 19.1. The van der Waals surface area contributed by atoms with E-state index < -0.39 is 11.6 Å². The molecule has 12 heteroatoms. The number of benzene rings is 2. The zero-order valence-electron chi connectivity index (χ0n) is 22.4. The first kappa shape index (κ1) is 26.7. The Balaban J connectivity index is 1.41. The van der Waals surface area contributed by atoms with Crippen molar-refractivity contribution in [3.8, 4) is 17.3 Å². The lowest BCUT2D eigenvalue weighted by atomic mass is 10.1. The molecule has 210 valence electrons. The van der Waals surface area contributed by atoms with Crippen molar-refractivity contribution in [3.63, 3.8) is 0 Å². The first-order valence-corrected chi connectivity index (χ1v) is 13.3. The number of ether oxygens (including phenoxy) is 2. The lowest BCUT2D eigenvalue weighted by Crippen LogP contribution is -2.35. The van der Waals surface area contributed by atoms with Gasteiger partial charge < -0.3 is 14.8 Å². The van der Waals surface area contributed by atoms with Gasteiger partial charge in [0.2, 0.25) is 0 Å². The number of hydrogen-bond donors (Lipinski definition) is 1. The smallest absolute Gasteiger partial charge is 0.183 e. The van der Waals surface area contributed by atoms with E-state index in [0.717, 1.165) is 24.2 Å². The second kappa shape index (κ2) is 11.9. The molecule has 0 amide bonds. The number of para-hydroxylation sites is 1. The van der Waals surface area contributed by atoms with Crippen LogP contribution in [0.15, 0.2) is 61.1 Å². The Kier molecular flexibility index (Phi) is 7.74. The Morgan fingerprint density at radius 3 is 2.54 bits per heavy atom. The fraction of sp³-hybridized carbons (Fsp3) is 0.276. The quantitative estimate of drug-likeness (QED) is 0.278. The molecular formula is C29H28F2N8O2. The SMILES string of the molecule is CCOc1cc(F)c(Cn2nc(-c3nc(CN4CCOCC4)cc(Nc4ccncn4)n3)c3ccccc32)c(F)c1. The molecule has 0 radical (unpaired) electrons. The van der Waals surface area contributed by atoms with Crippen LogP contribution in [0, 0.1) is 11.6 Å². The molecule has 5 aromatic rings. The van der Waals surface area contributed by atoms with E-state index in [1.54, 1.807) is 23.9 Å². The Labute approximate surface area is 235 Å². The maximum absolute atomic E-state index is 15.0. The molecule has 2 aromatic carbocycles. The molecule has 1 aliphatic rings. The van der Waals surface area contributed by atoms with Crippen LogP contribution in [-0.2, 0) is 17.8 Å². The monoisotopic (exact) mass is 558 g/mol. The number of rotatable bonds is 9. The molecular weight excluding hydrogens is 530 g/mol. The first-order valence-electron chi connectivity index (χ1n) is 13.3. The van der Waals surface area contributed by atoms with E-state index in [-0.39, 0.29) is 17.9 Å². The second-order valence-corrected chi connectivity index (χ2v) is 9.50. The van der Waals surface area contributed by atoms with Gasteiger partial charge in [-0.3, -0.25) is 9.58 Å². The Morgan fingerprint density at radius 1 is 0.976 bits per heavy atom. The van der Waals surface area contributed by atoms with E-state index in [4.69, 9.17) is 24.5 Å². The number of hydrogen-bond acceptors (Lipinski definition) is 9. The lowest BCUT2D eigenvalue weighted by molar-refractivity contribution is 0.0336. The predicted octanol–water partition coefficient (Wildman–Crippen LogP) is 4.58. The summed E-state index contributed by atoms with van der Waals surface area (Å²) < 4.78 is 42.3. The predicted molar refractivity (Wildman–Crippen MR) is 149 cm³/mol. The van der Waals surface area contributed by atoms with Gasteiger partial charge in [0.15, 0.2) is 5.82 Å². The Hall–Kier alpha value is -4.55. The molecule has 0 unspecified atom stereocenters. The fourth-order valence-electron chi connectivity index (χ4n) is 4.78. The van der Waals surface area contributed by atoms with Crippen molar-refractivity contribution in [1.82, 2.24) is 34.6 Å². The first-order chi connectivity index (χ1) is 20.1. The van der Waals surface area contributed by atoms with E-state index in [2.05, 4.69) is 20.2 Å². The van der Waals surface area contributed by atoms with Crippen molar-refractivity contribution in [2.45, 2.75) is 20.0 Å². The molecule has 1 fully saturated rings. The normalized spacial score (nSPS) is 13.9. The van der Waals surface area contributed by atoms with Crippen molar-refractivity contribution in [1.29, 1.82) is 0 Å². The van der Waals surface area contributed by atoms with Crippen LogP contribution in [0.3, 0.4) is 0 Å². The average molecular weight is 559 g/mol. The fourth-order valence-corrected chi connectivity index (χ4v) is 4.78. The molecule has 0 aliphatic carbocycles. The van der Waals surface area contributed by atoms with Crippen LogP contribution in [0.2, 0.25) is 0 Å². The van der Waals surface area contributed by atoms with Gasteiger partial charge in [0.1, 0.15) is 41.0 Å². The minimum atomic E-state index is -0.699. The molecule has 1 N–H and O–H groups in total. The van der Waals surface area contributed by atoms with Crippen LogP contribution >= 0.6 is 0 Å². The Bertz CT molecular complexity index is 1640. The summed E-state index contributed by atoms with van der Waals surface area (Å²) in [6, 6.07) is 13.5. The van der Waals surface area contributed by atoms with Crippen LogP contribution in [-0.4, -0.2) is 67.5 Å². The number of anilines is 2. The minimum Gasteiger partial charge on any atom is -0.494 e. The third-order valence-electron chi connectivity index (χ3n) is 6.71. The standard InChI is InChI=1S/C29H28F2N8O2/c1-2-41-20-14-23(30)22(24(31)15-20)17-39-25-6-4-3-5-21(25)28(37-39)29-34-19(16-38-9-11-40-12-10-38)13-27(36-29)35-26-7-8-32-18-33-26/h3-8,13-15,18H,2,9-12,16-17H2,1H3,(H,32,33,34,35,36). The molecule has 41 heavy (non-hydrogen) atoms. The number of morpholine rings is 1. The van der Waals surface area contributed by atoms with Gasteiger partial charge in [0, 0.05) is 55.0 Å². The second-order valence-electron chi connectivity index (χ2n) is 9.50. The van der Waals surface area contributed by atoms with Crippen LogP contribution in [0.5, 0.6) is 5.75 Å². The summed E-state index contributed by atoms with van der Waals surface area (Å²) in [5, 5.41) is 8.76. The van der Waals surface area contributed by atoms with Gasteiger partial charge in [-0.05, 0) is 19.1 Å². The summed E-state index contributed by atoms with van der Waals surface area (Å²) in [4.78, 5) is 20.1. The number of nitrogens with zero attached hydrogens (tertiary/aromatic N) is 7. The van der Waals surface area contributed by atoms with Gasteiger partial charge in [-0.2, -0.15) is 5.10 Å². The zero-order valence-corrected chi connectivity index (χ0v) is 22.4. The molecule has 1 aliphatic heterocycles. The number of halogens is 2. The van der Waals surface area contributed by atoms with Crippen LogP contribution < -0.4 is 10.1 Å². The average Bonchev–Trinajstić information content (AvgIpc) is 3.35. The van der Waals surface area contributed by atoms with E-state index in [9.17, 15) is 8.78 Å². The molecule has 1 saturated heterocycles. The van der Waals surface area contributed by atoms with Crippen LogP contribution in [0.25, 0.3) is 22.4 Å². The highest BCUT2D eigenvalue weighted by Crippen LogP contribution is 2.29. The molecule has 0 atom stereocenters. The van der Waals surface area contributed by atoms with Crippen molar-refractivity contribution in [2.75, 3.05) is 38.2 Å². The summed E-state index contributed by atoms with van der Waals surface area (Å²) in [5.74, 6) is 0.253. The van der Waals surface area contributed by atoms with Gasteiger partial charge in [0.25, 0.3) is 0 Å². The van der Waals surface area contributed by atoms with Gasteiger partial charge in [-0.15, -0.1) is 0 Å². The Morgan fingerprint density at radius 2 is 1.78 bits per heavy atom. The molecule has 0 spiro atoms. The van der Waals surface area contributed by atoms with Gasteiger partial charge in [-0.25, -0.2) is 28.7 Å². The summed E-state index contributed by atoms with van der Waals surface area (Å²) in [5.41, 5.74) is 1.88. The van der Waals surface area contributed by atoms with E-state index in [0.29, 0.717) is 55.0 Å². The van der Waals surface area contributed by atoms with Crippen molar-refractivity contribution >= 4 is 22.5 Å². The summed E-state index contributed by atoms with van der Waals surface area (Å²) in [6.07, 6.45) is 3.09. The summed E-state index contributed by atoms with van der Waals surface area (Å²) in [7, 11) is 0. The molecule has 0 bridgehead atoms. The van der Waals surface area contributed by atoms with Crippen molar-refractivity contribution in [2.24, 2.45) is 0 Å². The maximum Gasteiger partial charge on any atom is 0.183 e. The topological polar surface area (TPSA) is 103 Å². The van der Waals surface area contributed by atoms with Crippen LogP contribution in [0.1, 0.15) is 18.2 Å². The van der Waals surface area contributed by atoms with Crippen molar-refractivity contribution < 1.29 is 18.3 Å². The van der Waals surface area contributed by atoms with E-state index in [1.165, 1.54) is 18.5 Å². The van der Waals surface area contributed by atoms with Gasteiger partial charge in [0.05, 0.1) is 37.6 Å². The number of fused-ring (bicyclic) bond motifs is 1. The maximum atomic E-state index is 15.0. The molecule has 4 heterocycles. The van der Waals surface area contributed by atoms with Gasteiger partial charge >= 0.3 is 0 Å². The van der Waals surface area contributed by atoms with Crippen molar-refractivity contribution in [3.05, 3.63) is 83.9 Å². The molecule has 0 saturated carbocycles. The molecule has 6 rings (SSSR count). The third kappa shape index (κ3) is 5.98. The highest BCUT2D eigenvalue weighted by Gasteiger charge is 2.20. The third-order valence-corrected chi connectivity index (χ3v) is 6.71. The molecule has 3 aromatic heterocycles. The largest absolute Gasteiger partial charge is 0.494 e. The van der Waals surface area contributed by atoms with E-state index in [1.807, 2.05) is 30.3 Å². The van der Waals surface area contributed by atoms with E-state index >= 15 is 0 Å². The summed E-state index contributed by atoms with van der Waals surface area (Å²) >= 11 is 0. The minimum absolute atomic E-state index is 0.110. The van der Waals surface area contributed by atoms with Gasteiger partial charge in [-0.1, -0.05) is 18.2 Å². The lowest BCUT2D eigenvalue weighted by Gasteiger charge is -2.26. The number of nitrogens with one attached hydrogen (secondary N) is 1. The highest BCUT2D eigenvalue weighted by molar-refractivity contribution is 5.91. The molecule has 10 nitrogen and oxygen atoms in total. The zero-order chi connectivity index (χ0) is 28.2. The van der Waals surface area contributed by atoms with Crippen LogP contribution in [0.4, 0.5) is 20.4 Å². The summed E-state index contributed by atoms with van der Waals surface area (Å²) in [6.45, 7) is 5.46.